The van der Waals surface area contributed by atoms with Gasteiger partial charge in [-0.2, -0.15) is 0 Å². The normalized spacial score (nSPS) is 13.0. The minimum absolute atomic E-state index is 0.218. The molecule has 0 aromatic heterocycles. The smallest absolute Gasteiger partial charge is 0.315 e. The molecule has 0 aliphatic heterocycles. The number of carbonyl (C=O) groups excluding carboxylic acids is 2. The molecule has 1 aliphatic rings. The van der Waals surface area contributed by atoms with Crippen LogP contribution in [0.2, 0.25) is 0 Å². The zero-order valence-electron chi connectivity index (χ0n) is 10.7. The van der Waals surface area contributed by atoms with Gasteiger partial charge in [-0.25, -0.2) is 0 Å². The number of esters is 1. The molecule has 2 rings (SSSR count). The Labute approximate surface area is 107 Å². The van der Waals surface area contributed by atoms with E-state index in [4.69, 9.17) is 0 Å². The average Bonchev–Trinajstić information content (AvgIpc) is 2.84. The van der Waals surface area contributed by atoms with Crippen molar-refractivity contribution < 1.29 is 14.3 Å². The summed E-state index contributed by atoms with van der Waals surface area (Å²) >= 11 is 0. The number of ether oxygens (including phenoxy) is 1. The first-order valence-electron chi connectivity index (χ1n) is 6.07. The van der Waals surface area contributed by atoms with Gasteiger partial charge in [0.05, 0.1) is 7.11 Å². The second-order valence-corrected chi connectivity index (χ2v) is 4.51. The molecule has 18 heavy (non-hydrogen) atoms. The van der Waals surface area contributed by atoms with Gasteiger partial charge in [-0.3, -0.25) is 9.59 Å². The highest BCUT2D eigenvalue weighted by atomic mass is 16.5. The third kappa shape index (κ3) is 2.53. The van der Waals surface area contributed by atoms with Crippen molar-refractivity contribution in [1.82, 2.24) is 0 Å². The summed E-state index contributed by atoms with van der Waals surface area (Å²) in [4.78, 5) is 24.4. The van der Waals surface area contributed by atoms with E-state index in [1.807, 2.05) is 12.1 Å². The maximum atomic E-state index is 11.8. The van der Waals surface area contributed by atoms with E-state index in [9.17, 15) is 9.59 Å². The summed E-state index contributed by atoms with van der Waals surface area (Å²) in [6.07, 6.45) is 3.15. The second-order valence-electron chi connectivity index (χ2n) is 4.51. The van der Waals surface area contributed by atoms with Crippen molar-refractivity contribution in [2.24, 2.45) is 0 Å². The number of hydrogen-bond donors (Lipinski definition) is 0. The molecular weight excluding hydrogens is 230 g/mol. The Hall–Kier alpha value is -1.84. The van der Waals surface area contributed by atoms with Crippen LogP contribution < -0.4 is 4.90 Å². The molecule has 0 heterocycles. The number of aryl methyl sites for hydroxylation is 2. The molecule has 0 saturated heterocycles. The topological polar surface area (TPSA) is 46.6 Å². The van der Waals surface area contributed by atoms with E-state index in [-0.39, 0.29) is 12.3 Å². The van der Waals surface area contributed by atoms with Crippen LogP contribution in [-0.2, 0) is 27.2 Å². The molecule has 1 amide bonds. The van der Waals surface area contributed by atoms with E-state index in [1.54, 1.807) is 7.05 Å². The van der Waals surface area contributed by atoms with Crippen LogP contribution in [0.3, 0.4) is 0 Å². The molecule has 1 aliphatic carbocycles. The van der Waals surface area contributed by atoms with Gasteiger partial charge in [-0.1, -0.05) is 6.07 Å². The summed E-state index contributed by atoms with van der Waals surface area (Å²) in [5.74, 6) is -0.757. The lowest BCUT2D eigenvalue weighted by Crippen LogP contribution is -2.28. The fourth-order valence-electron chi connectivity index (χ4n) is 2.23. The minimum Gasteiger partial charge on any atom is -0.469 e. The Bertz CT molecular complexity index is 482. The van der Waals surface area contributed by atoms with Gasteiger partial charge in [0.15, 0.2) is 0 Å². The molecule has 4 nitrogen and oxygen atoms in total. The van der Waals surface area contributed by atoms with Crippen LogP contribution in [0.4, 0.5) is 5.69 Å². The van der Waals surface area contributed by atoms with Crippen LogP contribution in [0, 0.1) is 0 Å². The third-order valence-electron chi connectivity index (χ3n) is 3.37. The van der Waals surface area contributed by atoms with E-state index in [0.717, 1.165) is 18.5 Å². The van der Waals surface area contributed by atoms with Crippen molar-refractivity contribution in [1.29, 1.82) is 0 Å². The van der Waals surface area contributed by atoms with Crippen molar-refractivity contribution in [3.05, 3.63) is 29.3 Å². The Morgan fingerprint density at radius 1 is 1.28 bits per heavy atom. The van der Waals surface area contributed by atoms with Gasteiger partial charge in [0.2, 0.25) is 5.91 Å². The number of fused-ring (bicyclic) bond motifs is 1. The van der Waals surface area contributed by atoms with Crippen LogP contribution in [0.1, 0.15) is 24.0 Å². The Balaban J connectivity index is 2.11. The largest absolute Gasteiger partial charge is 0.469 e. The molecule has 0 bridgehead atoms. The summed E-state index contributed by atoms with van der Waals surface area (Å²) in [5.41, 5.74) is 3.52. The van der Waals surface area contributed by atoms with Gasteiger partial charge in [-0.15, -0.1) is 0 Å². The molecule has 0 spiro atoms. The highest BCUT2D eigenvalue weighted by Crippen LogP contribution is 2.26. The van der Waals surface area contributed by atoms with Crippen LogP contribution in [0.15, 0.2) is 18.2 Å². The number of rotatable bonds is 3. The SMILES string of the molecule is COC(=O)CC(=O)N(C)c1ccc2c(c1)CCC2. The fraction of sp³-hybridized carbons (Fsp3) is 0.429. The summed E-state index contributed by atoms with van der Waals surface area (Å²) < 4.78 is 4.49. The van der Waals surface area contributed by atoms with Crippen molar-refractivity contribution >= 4 is 17.6 Å². The predicted octanol–water partition coefficient (Wildman–Crippen LogP) is 1.70. The number of methoxy groups -OCH3 is 1. The van der Waals surface area contributed by atoms with Gasteiger partial charge in [0.1, 0.15) is 6.42 Å². The van der Waals surface area contributed by atoms with E-state index >= 15 is 0 Å². The van der Waals surface area contributed by atoms with Gasteiger partial charge < -0.3 is 9.64 Å². The monoisotopic (exact) mass is 247 g/mol. The summed E-state index contributed by atoms with van der Waals surface area (Å²) in [7, 11) is 2.97. The van der Waals surface area contributed by atoms with Crippen LogP contribution >= 0.6 is 0 Å². The number of carbonyl (C=O) groups is 2. The molecule has 1 aromatic rings. The third-order valence-corrected chi connectivity index (χ3v) is 3.37. The lowest BCUT2D eigenvalue weighted by molar-refractivity contribution is -0.143. The standard InChI is InChI=1S/C14H17NO3/c1-15(13(16)9-14(17)18-2)12-7-6-10-4-3-5-11(10)8-12/h6-8H,3-5,9H2,1-2H3. The van der Waals surface area contributed by atoms with Gasteiger partial charge in [0, 0.05) is 12.7 Å². The molecule has 0 unspecified atom stereocenters. The number of hydrogen-bond acceptors (Lipinski definition) is 3. The van der Waals surface area contributed by atoms with Crippen molar-refractivity contribution in [3.63, 3.8) is 0 Å². The number of amides is 1. The van der Waals surface area contributed by atoms with E-state index in [1.165, 1.54) is 29.6 Å². The molecule has 0 atom stereocenters. The van der Waals surface area contributed by atoms with Gasteiger partial charge in [0.25, 0.3) is 0 Å². The van der Waals surface area contributed by atoms with E-state index < -0.39 is 5.97 Å². The molecule has 4 heteroatoms. The zero-order valence-corrected chi connectivity index (χ0v) is 10.7. The fourth-order valence-corrected chi connectivity index (χ4v) is 2.23. The second kappa shape index (κ2) is 5.21. The van der Waals surface area contributed by atoms with Gasteiger partial charge >= 0.3 is 5.97 Å². The van der Waals surface area contributed by atoms with Gasteiger partial charge in [-0.05, 0) is 42.5 Å². The molecular formula is C14H17NO3. The Kier molecular flexibility index (Phi) is 3.65. The first-order valence-corrected chi connectivity index (χ1v) is 6.07. The van der Waals surface area contributed by atoms with Crippen LogP contribution in [0.25, 0.3) is 0 Å². The minimum atomic E-state index is -0.506. The average molecular weight is 247 g/mol. The number of benzene rings is 1. The van der Waals surface area contributed by atoms with E-state index in [2.05, 4.69) is 10.8 Å². The number of anilines is 1. The zero-order chi connectivity index (χ0) is 13.1. The lowest BCUT2D eigenvalue weighted by atomic mass is 10.1. The highest BCUT2D eigenvalue weighted by molar-refractivity contribution is 6.03. The van der Waals surface area contributed by atoms with Crippen LogP contribution in [0.5, 0.6) is 0 Å². The maximum absolute atomic E-state index is 11.8. The molecule has 0 saturated carbocycles. The maximum Gasteiger partial charge on any atom is 0.315 e. The molecule has 1 aromatic carbocycles. The first-order chi connectivity index (χ1) is 8.61. The summed E-state index contributed by atoms with van der Waals surface area (Å²) in [6, 6.07) is 6.04. The molecule has 0 N–H and O–H groups in total. The van der Waals surface area contributed by atoms with E-state index in [0.29, 0.717) is 0 Å². The highest BCUT2D eigenvalue weighted by Gasteiger charge is 2.18. The summed E-state index contributed by atoms with van der Waals surface area (Å²) in [5, 5.41) is 0. The molecule has 96 valence electrons. The van der Waals surface area contributed by atoms with Crippen molar-refractivity contribution in [2.45, 2.75) is 25.7 Å². The summed E-state index contributed by atoms with van der Waals surface area (Å²) in [6.45, 7) is 0. The lowest BCUT2D eigenvalue weighted by Gasteiger charge is -2.17. The Morgan fingerprint density at radius 2 is 2.00 bits per heavy atom. The predicted molar refractivity (Wildman–Crippen MR) is 68.5 cm³/mol. The quantitative estimate of drug-likeness (QED) is 0.603. The van der Waals surface area contributed by atoms with Crippen molar-refractivity contribution in [2.75, 3.05) is 19.1 Å². The Morgan fingerprint density at radius 3 is 2.72 bits per heavy atom. The number of nitrogens with zero attached hydrogens (tertiary/aromatic N) is 1. The van der Waals surface area contributed by atoms with Crippen molar-refractivity contribution in [3.8, 4) is 0 Å². The van der Waals surface area contributed by atoms with Crippen LogP contribution in [-0.4, -0.2) is 26.0 Å². The molecule has 0 radical (unpaired) electrons. The molecule has 0 fully saturated rings. The first kappa shape index (κ1) is 12.6.